The molecular weight excluding hydrogens is 530 g/mol. The van der Waals surface area contributed by atoms with Gasteiger partial charge in [-0.2, -0.15) is 18.2 Å². The van der Waals surface area contributed by atoms with Crippen molar-refractivity contribution >= 4 is 28.2 Å². The van der Waals surface area contributed by atoms with Gasteiger partial charge in [-0.25, -0.2) is 4.39 Å². The predicted molar refractivity (Wildman–Crippen MR) is 142 cm³/mol. The van der Waals surface area contributed by atoms with Crippen molar-refractivity contribution in [3.05, 3.63) is 30.2 Å². The molecule has 9 nitrogen and oxygen atoms in total. The Labute approximate surface area is 229 Å². The maximum atomic E-state index is 14.6. The van der Waals surface area contributed by atoms with Gasteiger partial charge in [0.05, 0.1) is 29.2 Å². The highest BCUT2D eigenvalue weighted by Gasteiger charge is 2.42. The van der Waals surface area contributed by atoms with E-state index in [2.05, 4.69) is 25.8 Å². The third-order valence-corrected chi connectivity index (χ3v) is 7.27. The summed E-state index contributed by atoms with van der Waals surface area (Å²) in [6.07, 6.45) is -4.55. The minimum Gasteiger partial charge on any atom is -0.347 e. The van der Waals surface area contributed by atoms with E-state index >= 15 is 0 Å². The highest BCUT2D eigenvalue weighted by atomic mass is 19.4. The molecule has 0 unspecified atom stereocenters. The lowest BCUT2D eigenvalue weighted by Crippen LogP contribution is -2.39. The predicted octanol–water partition coefficient (Wildman–Crippen LogP) is 4.25. The monoisotopic (exact) mass is 563 g/mol. The van der Waals surface area contributed by atoms with Crippen LogP contribution in [-0.4, -0.2) is 76.3 Å². The van der Waals surface area contributed by atoms with E-state index in [1.54, 1.807) is 18.2 Å². The number of carbonyl (C=O) groups is 1. The van der Waals surface area contributed by atoms with Gasteiger partial charge >= 0.3 is 6.18 Å². The van der Waals surface area contributed by atoms with E-state index in [9.17, 15) is 22.4 Å². The van der Waals surface area contributed by atoms with E-state index in [4.69, 9.17) is 4.52 Å². The Morgan fingerprint density at radius 3 is 2.83 bits per heavy atom. The molecule has 5 rings (SSSR count). The van der Waals surface area contributed by atoms with Crippen molar-refractivity contribution in [2.24, 2.45) is 16.8 Å². The van der Waals surface area contributed by atoms with Gasteiger partial charge in [-0.3, -0.25) is 9.79 Å². The van der Waals surface area contributed by atoms with Crippen molar-refractivity contribution in [3.8, 4) is 11.5 Å². The Hall–Kier alpha value is -3.32. The summed E-state index contributed by atoms with van der Waals surface area (Å²) in [7, 11) is 1.83. The third-order valence-electron chi connectivity index (χ3n) is 7.27. The second-order valence-electron chi connectivity index (χ2n) is 10.9. The van der Waals surface area contributed by atoms with Crippen molar-refractivity contribution in [2.75, 3.05) is 26.7 Å². The van der Waals surface area contributed by atoms with Gasteiger partial charge in [0, 0.05) is 36.9 Å². The molecule has 1 aromatic carbocycles. The number of aromatic nitrogens is 3. The summed E-state index contributed by atoms with van der Waals surface area (Å²) in [4.78, 5) is 23.1. The number of hydrogen-bond donors (Lipinski definition) is 2. The van der Waals surface area contributed by atoms with Crippen LogP contribution in [0.2, 0.25) is 0 Å². The van der Waals surface area contributed by atoms with E-state index in [0.717, 1.165) is 17.5 Å². The summed E-state index contributed by atoms with van der Waals surface area (Å²) < 4.78 is 61.8. The molecule has 3 atom stereocenters. The Morgan fingerprint density at radius 2 is 2.10 bits per heavy atom. The topological polar surface area (TPSA) is 101 Å². The maximum absolute atomic E-state index is 14.6. The van der Waals surface area contributed by atoms with Crippen LogP contribution in [0.15, 0.2) is 33.8 Å². The Bertz CT molecular complexity index is 1400. The van der Waals surface area contributed by atoms with Crippen molar-refractivity contribution in [1.82, 2.24) is 30.2 Å². The van der Waals surface area contributed by atoms with Gasteiger partial charge < -0.3 is 24.6 Å². The van der Waals surface area contributed by atoms with Crippen LogP contribution in [0.4, 0.5) is 23.2 Å². The number of hydrogen-bond acceptors (Lipinski definition) is 7. The van der Waals surface area contributed by atoms with Crippen LogP contribution in [0.5, 0.6) is 0 Å². The summed E-state index contributed by atoms with van der Waals surface area (Å²) in [6, 6.07) is 6.66. The van der Waals surface area contributed by atoms with Crippen LogP contribution in [0.25, 0.3) is 22.4 Å². The Balaban J connectivity index is 1.38. The summed E-state index contributed by atoms with van der Waals surface area (Å²) in [5.41, 5.74) is 1.10. The number of rotatable bonds is 9. The van der Waals surface area contributed by atoms with Gasteiger partial charge in [-0.15, -0.1) is 0 Å². The molecule has 2 fully saturated rings. The molecule has 1 aliphatic heterocycles. The van der Waals surface area contributed by atoms with Crippen molar-refractivity contribution < 1.29 is 26.9 Å². The molecule has 2 aliphatic rings. The van der Waals surface area contributed by atoms with Gasteiger partial charge in [-0.1, -0.05) is 25.1 Å². The van der Waals surface area contributed by atoms with Crippen molar-refractivity contribution in [2.45, 2.75) is 58.2 Å². The van der Waals surface area contributed by atoms with Crippen LogP contribution < -0.4 is 10.6 Å². The van der Waals surface area contributed by atoms with Gasteiger partial charge in [0.1, 0.15) is 6.54 Å². The van der Waals surface area contributed by atoms with Gasteiger partial charge in [-0.05, 0) is 44.1 Å². The average Bonchev–Trinajstić information content (AvgIpc) is 3.36. The molecule has 13 heteroatoms. The van der Waals surface area contributed by atoms with E-state index in [1.165, 1.54) is 6.07 Å². The molecule has 1 aliphatic carbocycles. The number of halogens is 4. The SMILES string of the molecule is CC(C)NC[C@H]1C[C@@H]1C(=O)NCc1nc(-c2cc3c(N=C4CCN(C)C[C@@H]4F)cccc3n2CC(F)(F)F)no1. The number of aliphatic imine (C=N–C) groups is 1. The normalized spacial score (nSPS) is 22.9. The number of nitrogens with zero attached hydrogens (tertiary/aromatic N) is 5. The second kappa shape index (κ2) is 11.3. The second-order valence-corrected chi connectivity index (χ2v) is 10.9. The van der Waals surface area contributed by atoms with Crippen LogP contribution in [-0.2, 0) is 17.9 Å². The number of carbonyl (C=O) groups excluding carboxylic acids is 1. The van der Waals surface area contributed by atoms with Crippen LogP contribution >= 0.6 is 0 Å². The zero-order valence-electron chi connectivity index (χ0n) is 22.6. The van der Waals surface area contributed by atoms with Crippen molar-refractivity contribution in [3.63, 3.8) is 0 Å². The number of amides is 1. The maximum Gasteiger partial charge on any atom is 0.406 e. The molecular formula is C27H33F4N7O2. The summed E-state index contributed by atoms with van der Waals surface area (Å²) in [5, 5.41) is 10.4. The van der Waals surface area contributed by atoms with Gasteiger partial charge in [0.2, 0.25) is 17.6 Å². The molecule has 1 saturated carbocycles. The van der Waals surface area contributed by atoms with Crippen molar-refractivity contribution in [1.29, 1.82) is 0 Å². The molecule has 3 aromatic rings. The number of likely N-dealkylation sites (tertiary alicyclic amines) is 1. The standard InChI is InChI=1S/C27H33F4N7O2/c1-15(2)32-11-16-9-17(16)26(39)33-12-24-35-25(36-40-24)23-10-18-20(34-21-7-8-37(3)13-19(21)28)5-4-6-22(18)38(23)14-27(29,30)31/h4-6,10,15-17,19,32H,7-9,11-14H2,1-3H3,(H,33,39)/t16-,17+,19+/m1/s1. The first-order chi connectivity index (χ1) is 19.0. The molecule has 3 heterocycles. The lowest BCUT2D eigenvalue weighted by Gasteiger charge is -2.26. The van der Waals surface area contributed by atoms with Gasteiger partial charge in [0.15, 0.2) is 6.17 Å². The number of benzene rings is 1. The molecule has 2 N–H and O–H groups in total. The molecule has 0 spiro atoms. The van der Waals surface area contributed by atoms with Crippen LogP contribution in [0.1, 0.15) is 32.6 Å². The number of fused-ring (bicyclic) bond motifs is 1. The largest absolute Gasteiger partial charge is 0.406 e. The quantitative estimate of drug-likeness (QED) is 0.378. The van der Waals surface area contributed by atoms with Gasteiger partial charge in [0.25, 0.3) is 0 Å². The summed E-state index contributed by atoms with van der Waals surface area (Å²) in [6.45, 7) is 4.40. The molecule has 216 valence electrons. The van der Waals surface area contributed by atoms with Crippen LogP contribution in [0, 0.1) is 11.8 Å². The lowest BCUT2D eigenvalue weighted by atomic mass is 10.1. The Kier molecular flexibility index (Phi) is 7.96. The average molecular weight is 564 g/mol. The number of alkyl halides is 4. The first kappa shape index (κ1) is 28.2. The first-order valence-corrected chi connectivity index (χ1v) is 13.4. The molecule has 2 aromatic heterocycles. The highest BCUT2D eigenvalue weighted by molar-refractivity contribution is 5.99. The molecule has 1 amide bonds. The summed E-state index contributed by atoms with van der Waals surface area (Å²) >= 11 is 0. The fourth-order valence-corrected chi connectivity index (χ4v) is 5.02. The number of piperidine rings is 1. The van der Waals surface area contributed by atoms with E-state index < -0.39 is 18.9 Å². The van der Waals surface area contributed by atoms with E-state index in [-0.39, 0.29) is 53.8 Å². The highest BCUT2D eigenvalue weighted by Crippen LogP contribution is 2.38. The lowest BCUT2D eigenvalue weighted by molar-refractivity contribution is -0.139. The summed E-state index contributed by atoms with van der Waals surface area (Å²) in [5.74, 6) is 0.105. The molecule has 0 bridgehead atoms. The van der Waals surface area contributed by atoms with E-state index in [0.29, 0.717) is 35.8 Å². The zero-order valence-corrected chi connectivity index (χ0v) is 22.6. The zero-order chi connectivity index (χ0) is 28.6. The Morgan fingerprint density at radius 1 is 1.30 bits per heavy atom. The minimum absolute atomic E-state index is 0.0304. The van der Waals surface area contributed by atoms with E-state index in [1.807, 2.05) is 25.8 Å². The smallest absolute Gasteiger partial charge is 0.347 e. The molecule has 40 heavy (non-hydrogen) atoms. The minimum atomic E-state index is -4.52. The fourth-order valence-electron chi connectivity index (χ4n) is 5.02. The third kappa shape index (κ3) is 6.52. The molecule has 1 saturated heterocycles. The number of nitrogens with one attached hydrogen (secondary N) is 2. The fraction of sp³-hybridized carbons (Fsp3) is 0.556. The first-order valence-electron chi connectivity index (χ1n) is 13.4. The van der Waals surface area contributed by atoms with Crippen LogP contribution in [0.3, 0.4) is 0 Å². The molecule has 0 radical (unpaired) electrons.